The van der Waals surface area contributed by atoms with Crippen LogP contribution in [0.5, 0.6) is 0 Å². The summed E-state index contributed by atoms with van der Waals surface area (Å²) >= 11 is 0. The summed E-state index contributed by atoms with van der Waals surface area (Å²) in [5.41, 5.74) is 2.59. The second kappa shape index (κ2) is 3.74. The van der Waals surface area contributed by atoms with Crippen LogP contribution in [-0.2, 0) is 0 Å². The van der Waals surface area contributed by atoms with Crippen molar-refractivity contribution in [1.82, 2.24) is 20.2 Å². The van der Waals surface area contributed by atoms with Crippen LogP contribution in [0.2, 0.25) is 0 Å². The molecule has 0 amide bonds. The Bertz CT molecular complexity index is 439. The fourth-order valence-corrected chi connectivity index (χ4v) is 1.18. The second-order valence-corrected chi connectivity index (χ2v) is 2.66. The Labute approximate surface area is 81.4 Å². The van der Waals surface area contributed by atoms with Crippen LogP contribution in [0, 0.1) is 0 Å². The third-order valence-electron chi connectivity index (χ3n) is 1.81. The van der Waals surface area contributed by atoms with Crippen molar-refractivity contribution in [2.24, 2.45) is 0 Å². The molecule has 14 heavy (non-hydrogen) atoms. The number of aromatic nitrogens is 4. The number of hydrogen-bond acceptors (Lipinski definition) is 4. The van der Waals surface area contributed by atoms with Crippen LogP contribution in [0.15, 0.2) is 37.6 Å². The Morgan fingerprint density at radius 1 is 1.21 bits per heavy atom. The van der Waals surface area contributed by atoms with E-state index in [-0.39, 0.29) is 0 Å². The molecule has 0 aliphatic heterocycles. The number of nitrogens with zero attached hydrogens (tertiary/aromatic N) is 4. The summed E-state index contributed by atoms with van der Waals surface area (Å²) < 4.78 is 0. The van der Waals surface area contributed by atoms with Crippen LogP contribution < -0.4 is 0 Å². The number of rotatable bonds is 2. The molecule has 0 atom stereocenters. The molecule has 0 radical (unpaired) electrons. The van der Waals surface area contributed by atoms with Crippen LogP contribution in [-0.4, -0.2) is 20.2 Å². The molecule has 0 spiro atoms. The normalized spacial score (nSPS) is 9.71. The van der Waals surface area contributed by atoms with Crippen LogP contribution in [0.4, 0.5) is 0 Å². The molecule has 68 valence electrons. The summed E-state index contributed by atoms with van der Waals surface area (Å²) in [7, 11) is 0. The van der Waals surface area contributed by atoms with Gasteiger partial charge in [-0.05, 0) is 12.1 Å². The Kier molecular flexibility index (Phi) is 2.27. The lowest BCUT2D eigenvalue weighted by Gasteiger charge is -2.01. The maximum atomic E-state index is 3.95. The average molecular weight is 184 g/mol. The third-order valence-corrected chi connectivity index (χ3v) is 1.81. The Morgan fingerprint density at radius 2 is 2.00 bits per heavy atom. The molecule has 0 aliphatic rings. The lowest BCUT2D eigenvalue weighted by molar-refractivity contribution is 1.02. The zero-order chi connectivity index (χ0) is 9.80. The van der Waals surface area contributed by atoms with E-state index in [1.54, 1.807) is 24.7 Å². The van der Waals surface area contributed by atoms with E-state index in [1.165, 1.54) is 6.33 Å². The standard InChI is InChI=1S/C10H8N4/c1-2-10-9(3-4-13-14-10)8-5-11-7-12-6-8/h2-7H,1H2. The molecule has 0 saturated heterocycles. The first-order chi connectivity index (χ1) is 6.92. The number of hydrogen-bond donors (Lipinski definition) is 0. The summed E-state index contributed by atoms with van der Waals surface area (Å²) in [5.74, 6) is 0. The van der Waals surface area contributed by atoms with E-state index in [2.05, 4.69) is 26.7 Å². The average Bonchev–Trinajstić information content (AvgIpc) is 2.30. The minimum absolute atomic E-state index is 0.738. The van der Waals surface area contributed by atoms with Crippen LogP contribution in [0.3, 0.4) is 0 Å². The molecule has 0 fully saturated rings. The summed E-state index contributed by atoms with van der Waals surface area (Å²) in [6.45, 7) is 3.67. The van der Waals surface area contributed by atoms with E-state index in [0.717, 1.165) is 16.8 Å². The van der Waals surface area contributed by atoms with Gasteiger partial charge in [-0.25, -0.2) is 9.97 Å². The van der Waals surface area contributed by atoms with E-state index < -0.39 is 0 Å². The van der Waals surface area contributed by atoms with Crippen molar-refractivity contribution >= 4 is 6.08 Å². The molecule has 0 unspecified atom stereocenters. The fourth-order valence-electron chi connectivity index (χ4n) is 1.18. The smallest absolute Gasteiger partial charge is 0.115 e. The van der Waals surface area contributed by atoms with Crippen molar-refractivity contribution in [1.29, 1.82) is 0 Å². The van der Waals surface area contributed by atoms with Crippen molar-refractivity contribution in [2.75, 3.05) is 0 Å². The van der Waals surface area contributed by atoms with Gasteiger partial charge in [-0.15, -0.1) is 0 Å². The highest BCUT2D eigenvalue weighted by atomic mass is 15.1. The molecule has 4 heteroatoms. The zero-order valence-corrected chi connectivity index (χ0v) is 7.46. The lowest BCUT2D eigenvalue weighted by Crippen LogP contribution is -1.90. The van der Waals surface area contributed by atoms with Crippen LogP contribution in [0.25, 0.3) is 17.2 Å². The van der Waals surface area contributed by atoms with Gasteiger partial charge in [-0.2, -0.15) is 10.2 Å². The van der Waals surface area contributed by atoms with E-state index in [1.807, 2.05) is 6.07 Å². The van der Waals surface area contributed by atoms with Gasteiger partial charge in [0.15, 0.2) is 0 Å². The molecule has 0 aromatic carbocycles. The maximum Gasteiger partial charge on any atom is 0.115 e. The van der Waals surface area contributed by atoms with Gasteiger partial charge < -0.3 is 0 Å². The Hall–Kier alpha value is -2.10. The molecule has 2 aromatic rings. The fraction of sp³-hybridized carbons (Fsp3) is 0. The predicted molar refractivity (Wildman–Crippen MR) is 53.1 cm³/mol. The first kappa shape index (κ1) is 8.50. The van der Waals surface area contributed by atoms with Gasteiger partial charge in [-0.3, -0.25) is 0 Å². The van der Waals surface area contributed by atoms with Gasteiger partial charge >= 0.3 is 0 Å². The van der Waals surface area contributed by atoms with Crippen molar-refractivity contribution < 1.29 is 0 Å². The van der Waals surface area contributed by atoms with Gasteiger partial charge in [0.1, 0.15) is 6.33 Å². The first-order valence-electron chi connectivity index (χ1n) is 4.11. The minimum atomic E-state index is 0.738. The first-order valence-corrected chi connectivity index (χ1v) is 4.11. The minimum Gasteiger partial charge on any atom is -0.244 e. The van der Waals surface area contributed by atoms with Gasteiger partial charge in [0, 0.05) is 23.5 Å². The summed E-state index contributed by atoms with van der Waals surface area (Å²) in [6.07, 6.45) is 8.25. The molecular formula is C10H8N4. The molecule has 4 nitrogen and oxygen atoms in total. The van der Waals surface area contributed by atoms with Gasteiger partial charge in [-0.1, -0.05) is 6.58 Å². The quantitative estimate of drug-likeness (QED) is 0.711. The molecule has 0 saturated carbocycles. The van der Waals surface area contributed by atoms with Crippen molar-refractivity contribution in [3.63, 3.8) is 0 Å². The molecule has 0 N–H and O–H groups in total. The summed E-state index contributed by atoms with van der Waals surface area (Å²) in [6, 6.07) is 1.86. The summed E-state index contributed by atoms with van der Waals surface area (Å²) in [4.78, 5) is 7.89. The predicted octanol–water partition coefficient (Wildman–Crippen LogP) is 1.58. The topological polar surface area (TPSA) is 51.6 Å². The van der Waals surface area contributed by atoms with Crippen molar-refractivity contribution in [3.8, 4) is 11.1 Å². The maximum absolute atomic E-state index is 3.95. The monoisotopic (exact) mass is 184 g/mol. The van der Waals surface area contributed by atoms with E-state index in [4.69, 9.17) is 0 Å². The van der Waals surface area contributed by atoms with Crippen molar-refractivity contribution in [3.05, 3.63) is 43.3 Å². The Balaban J connectivity index is 2.57. The summed E-state index contributed by atoms with van der Waals surface area (Å²) in [5, 5.41) is 7.73. The van der Waals surface area contributed by atoms with Gasteiger partial charge in [0.2, 0.25) is 0 Å². The highest BCUT2D eigenvalue weighted by Crippen LogP contribution is 2.19. The van der Waals surface area contributed by atoms with E-state index >= 15 is 0 Å². The van der Waals surface area contributed by atoms with Gasteiger partial charge in [0.05, 0.1) is 11.9 Å². The molecule has 0 bridgehead atoms. The third kappa shape index (κ3) is 1.50. The second-order valence-electron chi connectivity index (χ2n) is 2.66. The zero-order valence-electron chi connectivity index (χ0n) is 7.46. The van der Waals surface area contributed by atoms with Gasteiger partial charge in [0.25, 0.3) is 0 Å². The van der Waals surface area contributed by atoms with E-state index in [0.29, 0.717) is 0 Å². The molecule has 2 aromatic heterocycles. The van der Waals surface area contributed by atoms with Crippen LogP contribution in [0.1, 0.15) is 5.69 Å². The molecular weight excluding hydrogens is 176 g/mol. The van der Waals surface area contributed by atoms with E-state index in [9.17, 15) is 0 Å². The van der Waals surface area contributed by atoms with Crippen LogP contribution >= 0.6 is 0 Å². The van der Waals surface area contributed by atoms with Crippen molar-refractivity contribution in [2.45, 2.75) is 0 Å². The molecule has 2 heterocycles. The SMILES string of the molecule is C=Cc1nnccc1-c1cncnc1. The highest BCUT2D eigenvalue weighted by Gasteiger charge is 2.03. The lowest BCUT2D eigenvalue weighted by atomic mass is 10.1. The largest absolute Gasteiger partial charge is 0.244 e. The highest BCUT2D eigenvalue weighted by molar-refractivity contribution is 5.70. The molecule has 2 rings (SSSR count). The molecule has 0 aliphatic carbocycles. The Morgan fingerprint density at radius 3 is 2.71 bits per heavy atom.